The van der Waals surface area contributed by atoms with Crippen molar-refractivity contribution < 1.29 is 14.3 Å². The van der Waals surface area contributed by atoms with Gasteiger partial charge in [0, 0.05) is 16.4 Å². The average Bonchev–Trinajstić information content (AvgIpc) is 2.71. The molecule has 7 heteroatoms. The van der Waals surface area contributed by atoms with Gasteiger partial charge in [-0.3, -0.25) is 4.79 Å². The first kappa shape index (κ1) is 19.4. The molecule has 0 bridgehead atoms. The van der Waals surface area contributed by atoms with Crippen LogP contribution in [0.15, 0.2) is 60.8 Å². The van der Waals surface area contributed by atoms with E-state index in [1.165, 1.54) is 7.11 Å². The zero-order valence-corrected chi connectivity index (χ0v) is 16.1. The largest absolute Gasteiger partial charge is 0.465 e. The molecule has 0 atom stereocenters. The molecular weight excluding hydrogens is 378 g/mol. The summed E-state index contributed by atoms with van der Waals surface area (Å²) < 4.78 is 4.67. The van der Waals surface area contributed by atoms with Gasteiger partial charge in [-0.1, -0.05) is 17.7 Å². The predicted molar refractivity (Wildman–Crippen MR) is 109 cm³/mol. The lowest BCUT2D eigenvalue weighted by Crippen LogP contribution is -2.14. The third kappa shape index (κ3) is 4.66. The third-order valence-electron chi connectivity index (χ3n) is 4.04. The molecule has 0 spiro atoms. The summed E-state index contributed by atoms with van der Waals surface area (Å²) in [5.74, 6) is -0.710. The Bertz CT molecular complexity index is 1000. The minimum Gasteiger partial charge on any atom is -0.465 e. The highest BCUT2D eigenvalue weighted by atomic mass is 35.5. The molecule has 0 saturated heterocycles. The number of hydrogen-bond donors (Lipinski definition) is 2. The van der Waals surface area contributed by atoms with Crippen LogP contribution in [0.5, 0.6) is 0 Å². The summed E-state index contributed by atoms with van der Waals surface area (Å²) in [7, 11) is 1.34. The lowest BCUT2D eigenvalue weighted by molar-refractivity contribution is 0.0600. The Morgan fingerprint density at radius 1 is 1.00 bits per heavy atom. The highest BCUT2D eigenvalue weighted by Crippen LogP contribution is 2.21. The summed E-state index contributed by atoms with van der Waals surface area (Å²) in [6.45, 7) is 1.89. The van der Waals surface area contributed by atoms with Crippen molar-refractivity contribution in [2.24, 2.45) is 0 Å². The number of benzene rings is 2. The molecule has 0 radical (unpaired) electrons. The SMILES string of the molecule is COC(=O)c1ccc(Nc2ccc(C(=O)Nc3cc(Cl)ccc3C)nc2)cc1. The lowest BCUT2D eigenvalue weighted by Gasteiger charge is -2.10. The van der Waals surface area contributed by atoms with Gasteiger partial charge in [0.15, 0.2) is 0 Å². The second-order valence-corrected chi connectivity index (χ2v) is 6.48. The molecule has 1 aromatic heterocycles. The summed E-state index contributed by atoms with van der Waals surface area (Å²) in [6.07, 6.45) is 1.56. The highest BCUT2D eigenvalue weighted by molar-refractivity contribution is 6.31. The normalized spacial score (nSPS) is 10.2. The van der Waals surface area contributed by atoms with Crippen LogP contribution >= 0.6 is 11.6 Å². The van der Waals surface area contributed by atoms with Crippen molar-refractivity contribution in [1.82, 2.24) is 4.98 Å². The number of aryl methyl sites for hydroxylation is 1. The zero-order chi connectivity index (χ0) is 20.1. The van der Waals surface area contributed by atoms with E-state index in [0.29, 0.717) is 22.0 Å². The predicted octanol–water partition coefficient (Wildman–Crippen LogP) is 4.83. The molecule has 3 rings (SSSR count). The molecule has 0 unspecified atom stereocenters. The van der Waals surface area contributed by atoms with Gasteiger partial charge in [0.05, 0.1) is 24.6 Å². The second kappa shape index (κ2) is 8.54. The molecule has 0 saturated carbocycles. The van der Waals surface area contributed by atoms with Crippen LogP contribution in [0.2, 0.25) is 5.02 Å². The van der Waals surface area contributed by atoms with E-state index in [4.69, 9.17) is 11.6 Å². The molecule has 2 aromatic carbocycles. The number of nitrogens with zero attached hydrogens (tertiary/aromatic N) is 1. The Morgan fingerprint density at radius 2 is 1.71 bits per heavy atom. The fraction of sp³-hybridized carbons (Fsp3) is 0.0952. The van der Waals surface area contributed by atoms with E-state index >= 15 is 0 Å². The maximum atomic E-state index is 12.4. The molecule has 0 aliphatic heterocycles. The first-order valence-electron chi connectivity index (χ1n) is 8.45. The number of amides is 1. The first-order chi connectivity index (χ1) is 13.5. The minimum absolute atomic E-state index is 0.283. The molecule has 142 valence electrons. The highest BCUT2D eigenvalue weighted by Gasteiger charge is 2.10. The topological polar surface area (TPSA) is 80.3 Å². The summed E-state index contributed by atoms with van der Waals surface area (Å²) in [6, 6.07) is 15.5. The van der Waals surface area contributed by atoms with E-state index in [-0.39, 0.29) is 11.6 Å². The number of ether oxygens (including phenoxy) is 1. The summed E-state index contributed by atoms with van der Waals surface area (Å²) in [5.41, 5.74) is 3.79. The molecule has 1 amide bonds. The average molecular weight is 396 g/mol. The Morgan fingerprint density at radius 3 is 2.36 bits per heavy atom. The smallest absolute Gasteiger partial charge is 0.337 e. The van der Waals surface area contributed by atoms with Gasteiger partial charge in [-0.25, -0.2) is 9.78 Å². The summed E-state index contributed by atoms with van der Waals surface area (Å²) in [5, 5.41) is 6.51. The van der Waals surface area contributed by atoms with Gasteiger partial charge in [-0.15, -0.1) is 0 Å². The van der Waals surface area contributed by atoms with Crippen molar-refractivity contribution in [2.45, 2.75) is 6.92 Å². The third-order valence-corrected chi connectivity index (χ3v) is 4.27. The van der Waals surface area contributed by atoms with E-state index in [1.807, 2.05) is 13.0 Å². The Hall–Kier alpha value is -3.38. The molecule has 0 aliphatic rings. The van der Waals surface area contributed by atoms with Gasteiger partial charge < -0.3 is 15.4 Å². The number of rotatable bonds is 5. The van der Waals surface area contributed by atoms with E-state index in [9.17, 15) is 9.59 Å². The minimum atomic E-state index is -0.390. The monoisotopic (exact) mass is 395 g/mol. The molecule has 3 aromatic rings. The number of esters is 1. The number of halogens is 1. The fourth-order valence-corrected chi connectivity index (χ4v) is 2.66. The van der Waals surface area contributed by atoms with Crippen molar-refractivity contribution >= 4 is 40.5 Å². The maximum absolute atomic E-state index is 12.4. The van der Waals surface area contributed by atoms with Crippen molar-refractivity contribution in [3.8, 4) is 0 Å². The first-order valence-corrected chi connectivity index (χ1v) is 8.83. The number of anilines is 3. The van der Waals surface area contributed by atoms with E-state index in [0.717, 1.165) is 11.3 Å². The van der Waals surface area contributed by atoms with Crippen LogP contribution in [-0.2, 0) is 4.74 Å². The van der Waals surface area contributed by atoms with Gasteiger partial charge >= 0.3 is 5.97 Å². The molecule has 0 aliphatic carbocycles. The molecule has 0 fully saturated rings. The fourth-order valence-electron chi connectivity index (χ4n) is 2.49. The molecule has 28 heavy (non-hydrogen) atoms. The second-order valence-electron chi connectivity index (χ2n) is 6.04. The van der Waals surface area contributed by atoms with Gasteiger partial charge in [0.25, 0.3) is 5.91 Å². The van der Waals surface area contributed by atoms with E-state index < -0.39 is 5.97 Å². The zero-order valence-electron chi connectivity index (χ0n) is 15.3. The van der Waals surface area contributed by atoms with Gasteiger partial charge in [-0.2, -0.15) is 0 Å². The van der Waals surface area contributed by atoms with Crippen LogP contribution < -0.4 is 10.6 Å². The van der Waals surface area contributed by atoms with Crippen LogP contribution in [0, 0.1) is 6.92 Å². The van der Waals surface area contributed by atoms with E-state index in [1.54, 1.807) is 54.7 Å². The van der Waals surface area contributed by atoms with Crippen LogP contribution in [0.3, 0.4) is 0 Å². The molecule has 6 nitrogen and oxygen atoms in total. The van der Waals surface area contributed by atoms with Crippen LogP contribution in [0.25, 0.3) is 0 Å². The van der Waals surface area contributed by atoms with Gasteiger partial charge in [-0.05, 0) is 61.0 Å². The van der Waals surface area contributed by atoms with Gasteiger partial charge in [0.2, 0.25) is 0 Å². The van der Waals surface area contributed by atoms with Crippen LogP contribution in [-0.4, -0.2) is 24.0 Å². The van der Waals surface area contributed by atoms with Crippen LogP contribution in [0.1, 0.15) is 26.4 Å². The Labute approximate surface area is 167 Å². The van der Waals surface area contributed by atoms with Crippen molar-refractivity contribution in [2.75, 3.05) is 17.7 Å². The quantitative estimate of drug-likeness (QED) is 0.605. The number of aromatic nitrogens is 1. The number of carbonyl (C=O) groups excluding carboxylic acids is 2. The standard InChI is InChI=1S/C21H18ClN3O3/c1-13-3-6-15(22)11-19(13)25-20(26)18-10-9-17(12-23-18)24-16-7-4-14(5-8-16)21(27)28-2/h3-12,24H,1-2H3,(H,25,26). The maximum Gasteiger partial charge on any atom is 0.337 e. The molecule has 2 N–H and O–H groups in total. The van der Waals surface area contributed by atoms with Crippen molar-refractivity contribution in [3.63, 3.8) is 0 Å². The number of hydrogen-bond acceptors (Lipinski definition) is 5. The van der Waals surface area contributed by atoms with Gasteiger partial charge in [0.1, 0.15) is 5.69 Å². The van der Waals surface area contributed by atoms with Crippen LogP contribution in [0.4, 0.5) is 17.1 Å². The Balaban J connectivity index is 1.66. The summed E-state index contributed by atoms with van der Waals surface area (Å²) >= 11 is 5.98. The Kier molecular flexibility index (Phi) is 5.91. The van der Waals surface area contributed by atoms with Crippen molar-refractivity contribution in [1.29, 1.82) is 0 Å². The number of nitrogens with one attached hydrogen (secondary N) is 2. The molecular formula is C21H18ClN3O3. The van der Waals surface area contributed by atoms with Crippen molar-refractivity contribution in [3.05, 3.63) is 82.6 Å². The van der Waals surface area contributed by atoms with E-state index in [2.05, 4.69) is 20.4 Å². The number of pyridine rings is 1. The lowest BCUT2D eigenvalue weighted by atomic mass is 10.2. The summed E-state index contributed by atoms with van der Waals surface area (Å²) in [4.78, 5) is 28.1. The number of carbonyl (C=O) groups is 2. The molecule has 1 heterocycles. The number of methoxy groups -OCH3 is 1.